The van der Waals surface area contributed by atoms with Crippen LogP contribution in [0.25, 0.3) is 0 Å². The molecule has 1 aliphatic heterocycles. The SMILES string of the molecule is Cc1ccc(C(=O)NC(C(=O)N2CCC(C(=O)c3ccccc3)CC2)C(C)C)cc1. The van der Waals surface area contributed by atoms with E-state index >= 15 is 0 Å². The van der Waals surface area contributed by atoms with E-state index in [1.807, 2.05) is 63.2 Å². The van der Waals surface area contributed by atoms with Gasteiger partial charge in [-0.15, -0.1) is 0 Å². The number of hydrogen-bond acceptors (Lipinski definition) is 3. The number of benzene rings is 2. The van der Waals surface area contributed by atoms with Crippen LogP contribution < -0.4 is 5.32 Å². The van der Waals surface area contributed by atoms with E-state index in [-0.39, 0.29) is 29.4 Å². The summed E-state index contributed by atoms with van der Waals surface area (Å²) < 4.78 is 0. The zero-order valence-electron chi connectivity index (χ0n) is 17.9. The van der Waals surface area contributed by atoms with E-state index in [0.29, 0.717) is 31.5 Å². The van der Waals surface area contributed by atoms with Crippen molar-refractivity contribution in [3.05, 3.63) is 71.3 Å². The molecule has 1 unspecified atom stereocenters. The predicted octanol–water partition coefficient (Wildman–Crippen LogP) is 3.87. The lowest BCUT2D eigenvalue weighted by Gasteiger charge is -2.35. The fraction of sp³-hybridized carbons (Fsp3) is 0.400. The van der Waals surface area contributed by atoms with Gasteiger partial charge in [0, 0.05) is 30.1 Å². The number of amides is 2. The second-order valence-electron chi connectivity index (χ2n) is 8.39. The molecule has 0 spiro atoms. The van der Waals surface area contributed by atoms with Crippen LogP contribution in [0.3, 0.4) is 0 Å². The molecule has 0 aliphatic carbocycles. The first-order valence-electron chi connectivity index (χ1n) is 10.6. The third kappa shape index (κ3) is 5.15. The Morgan fingerprint density at radius 3 is 2.07 bits per heavy atom. The molecule has 0 radical (unpaired) electrons. The standard InChI is InChI=1S/C25H30N2O3/c1-17(2)22(26-24(29)21-11-9-18(3)10-12-21)25(30)27-15-13-20(14-16-27)23(28)19-7-5-4-6-8-19/h4-12,17,20,22H,13-16H2,1-3H3,(H,26,29). The number of Topliss-reactive ketones (excluding diaryl/α,β-unsaturated/α-hetero) is 1. The second-order valence-corrected chi connectivity index (χ2v) is 8.39. The van der Waals surface area contributed by atoms with Gasteiger partial charge in [-0.25, -0.2) is 0 Å². The van der Waals surface area contributed by atoms with E-state index in [0.717, 1.165) is 11.1 Å². The van der Waals surface area contributed by atoms with Crippen LogP contribution in [-0.4, -0.2) is 41.6 Å². The molecule has 158 valence electrons. The van der Waals surface area contributed by atoms with Crippen molar-refractivity contribution in [2.75, 3.05) is 13.1 Å². The van der Waals surface area contributed by atoms with Gasteiger partial charge < -0.3 is 10.2 Å². The molecule has 1 aliphatic rings. The predicted molar refractivity (Wildman–Crippen MR) is 117 cm³/mol. The minimum atomic E-state index is -0.583. The highest BCUT2D eigenvalue weighted by molar-refractivity contribution is 5.99. The van der Waals surface area contributed by atoms with Gasteiger partial charge in [0.05, 0.1) is 0 Å². The van der Waals surface area contributed by atoms with E-state index in [1.54, 1.807) is 17.0 Å². The summed E-state index contributed by atoms with van der Waals surface area (Å²) >= 11 is 0. The molecule has 2 aromatic rings. The van der Waals surface area contributed by atoms with Crippen molar-refractivity contribution in [3.63, 3.8) is 0 Å². The number of rotatable bonds is 6. The van der Waals surface area contributed by atoms with Gasteiger partial charge in [0.1, 0.15) is 6.04 Å². The molecule has 30 heavy (non-hydrogen) atoms. The third-order valence-electron chi connectivity index (χ3n) is 5.77. The van der Waals surface area contributed by atoms with E-state index in [9.17, 15) is 14.4 Å². The van der Waals surface area contributed by atoms with E-state index < -0.39 is 6.04 Å². The molecular formula is C25H30N2O3. The van der Waals surface area contributed by atoms with Crippen molar-refractivity contribution in [1.29, 1.82) is 0 Å². The summed E-state index contributed by atoms with van der Waals surface area (Å²) in [7, 11) is 0. The van der Waals surface area contributed by atoms with Gasteiger partial charge in [-0.3, -0.25) is 14.4 Å². The van der Waals surface area contributed by atoms with Crippen LogP contribution in [0.5, 0.6) is 0 Å². The maximum Gasteiger partial charge on any atom is 0.251 e. The van der Waals surface area contributed by atoms with Gasteiger partial charge in [-0.2, -0.15) is 0 Å². The van der Waals surface area contributed by atoms with Crippen molar-refractivity contribution in [2.24, 2.45) is 11.8 Å². The Labute approximate surface area is 178 Å². The molecule has 2 amide bonds. The largest absolute Gasteiger partial charge is 0.341 e. The molecule has 1 heterocycles. The lowest BCUT2D eigenvalue weighted by molar-refractivity contribution is -0.135. The Balaban J connectivity index is 1.60. The molecule has 5 nitrogen and oxygen atoms in total. The Morgan fingerprint density at radius 1 is 0.900 bits per heavy atom. The highest BCUT2D eigenvalue weighted by Gasteiger charge is 2.33. The summed E-state index contributed by atoms with van der Waals surface area (Å²) in [5.74, 6) is -0.255. The fourth-order valence-electron chi connectivity index (χ4n) is 3.84. The average Bonchev–Trinajstić information content (AvgIpc) is 2.77. The minimum Gasteiger partial charge on any atom is -0.341 e. The molecular weight excluding hydrogens is 376 g/mol. The first-order chi connectivity index (χ1) is 14.4. The van der Waals surface area contributed by atoms with Crippen molar-refractivity contribution < 1.29 is 14.4 Å². The lowest BCUT2D eigenvalue weighted by atomic mass is 9.88. The van der Waals surface area contributed by atoms with Gasteiger partial charge in [-0.1, -0.05) is 61.9 Å². The molecule has 1 fully saturated rings. The summed E-state index contributed by atoms with van der Waals surface area (Å²) in [6, 6.07) is 16.1. The van der Waals surface area contributed by atoms with Crippen LogP contribution in [0, 0.1) is 18.8 Å². The number of aryl methyl sites for hydroxylation is 1. The number of nitrogens with zero attached hydrogens (tertiary/aromatic N) is 1. The molecule has 1 saturated heterocycles. The van der Waals surface area contributed by atoms with Gasteiger partial charge in [0.25, 0.3) is 5.91 Å². The molecule has 0 aromatic heterocycles. The number of carbonyl (C=O) groups is 3. The van der Waals surface area contributed by atoms with Gasteiger partial charge >= 0.3 is 0 Å². The number of hydrogen-bond donors (Lipinski definition) is 1. The number of likely N-dealkylation sites (tertiary alicyclic amines) is 1. The van der Waals surface area contributed by atoms with Gasteiger partial charge in [0.2, 0.25) is 5.91 Å². The molecule has 1 atom stereocenters. The zero-order chi connectivity index (χ0) is 21.7. The highest BCUT2D eigenvalue weighted by atomic mass is 16.2. The zero-order valence-corrected chi connectivity index (χ0v) is 17.9. The minimum absolute atomic E-state index is 0.0319. The Bertz CT molecular complexity index is 882. The smallest absolute Gasteiger partial charge is 0.251 e. The number of nitrogens with one attached hydrogen (secondary N) is 1. The summed E-state index contributed by atoms with van der Waals surface area (Å²) in [5, 5.41) is 2.91. The molecule has 1 N–H and O–H groups in total. The highest BCUT2D eigenvalue weighted by Crippen LogP contribution is 2.23. The van der Waals surface area contributed by atoms with E-state index in [4.69, 9.17) is 0 Å². The quantitative estimate of drug-likeness (QED) is 0.741. The maximum absolute atomic E-state index is 13.1. The van der Waals surface area contributed by atoms with Crippen LogP contribution >= 0.6 is 0 Å². The van der Waals surface area contributed by atoms with Crippen LogP contribution in [0.15, 0.2) is 54.6 Å². The molecule has 3 rings (SSSR count). The maximum atomic E-state index is 13.1. The Hall–Kier alpha value is -2.95. The second kappa shape index (κ2) is 9.70. The summed E-state index contributed by atoms with van der Waals surface area (Å²) in [5.41, 5.74) is 2.36. The molecule has 0 bridgehead atoms. The van der Waals surface area contributed by atoms with E-state index in [2.05, 4.69) is 5.32 Å². The van der Waals surface area contributed by atoms with Crippen LogP contribution in [-0.2, 0) is 4.79 Å². The summed E-state index contributed by atoms with van der Waals surface area (Å²) in [4.78, 5) is 40.2. The number of piperidine rings is 1. The third-order valence-corrected chi connectivity index (χ3v) is 5.77. The Morgan fingerprint density at radius 2 is 1.50 bits per heavy atom. The molecule has 0 saturated carbocycles. The Kier molecular flexibility index (Phi) is 7.03. The monoisotopic (exact) mass is 406 g/mol. The average molecular weight is 407 g/mol. The van der Waals surface area contributed by atoms with Crippen LogP contribution in [0.1, 0.15) is 53.0 Å². The van der Waals surface area contributed by atoms with E-state index in [1.165, 1.54) is 0 Å². The first kappa shape index (κ1) is 21.8. The van der Waals surface area contributed by atoms with Crippen molar-refractivity contribution in [1.82, 2.24) is 10.2 Å². The van der Waals surface area contributed by atoms with Crippen molar-refractivity contribution >= 4 is 17.6 Å². The lowest BCUT2D eigenvalue weighted by Crippen LogP contribution is -2.53. The van der Waals surface area contributed by atoms with Crippen LogP contribution in [0.2, 0.25) is 0 Å². The molecule has 5 heteroatoms. The van der Waals surface area contributed by atoms with Gasteiger partial charge in [0.15, 0.2) is 5.78 Å². The number of ketones is 1. The fourth-order valence-corrected chi connectivity index (χ4v) is 3.84. The number of carbonyl (C=O) groups excluding carboxylic acids is 3. The van der Waals surface area contributed by atoms with Crippen molar-refractivity contribution in [3.8, 4) is 0 Å². The summed E-state index contributed by atoms with van der Waals surface area (Å²) in [6.07, 6.45) is 1.30. The summed E-state index contributed by atoms with van der Waals surface area (Å²) in [6.45, 7) is 6.90. The van der Waals surface area contributed by atoms with Crippen LogP contribution in [0.4, 0.5) is 0 Å². The normalized spacial score (nSPS) is 15.7. The van der Waals surface area contributed by atoms with Crippen molar-refractivity contribution in [2.45, 2.75) is 39.7 Å². The van der Waals surface area contributed by atoms with Gasteiger partial charge in [-0.05, 0) is 37.8 Å². The molecule has 2 aromatic carbocycles. The topological polar surface area (TPSA) is 66.5 Å². The first-order valence-corrected chi connectivity index (χ1v) is 10.6.